The third-order valence-electron chi connectivity index (χ3n) is 2.95. The van der Waals surface area contributed by atoms with Crippen LogP contribution in [0.1, 0.15) is 5.56 Å². The minimum atomic E-state index is 0.522. The molecule has 3 aromatic rings. The molecule has 4 nitrogen and oxygen atoms in total. The number of hydrogen-bond acceptors (Lipinski definition) is 3. The Kier molecular flexibility index (Phi) is 3.25. The van der Waals surface area contributed by atoms with Gasteiger partial charge in [-0.15, -0.1) is 16.7 Å². The molecule has 1 aromatic heterocycles. The van der Waals surface area contributed by atoms with E-state index in [1.807, 2.05) is 36.4 Å². The van der Waals surface area contributed by atoms with E-state index in [4.69, 9.17) is 11.6 Å². The fourth-order valence-electron chi connectivity index (χ4n) is 1.99. The van der Waals surface area contributed by atoms with Gasteiger partial charge in [0, 0.05) is 11.4 Å². The summed E-state index contributed by atoms with van der Waals surface area (Å²) in [5.74, 6) is 1.19. The van der Waals surface area contributed by atoms with E-state index >= 15 is 0 Å². The molecule has 0 aliphatic carbocycles. The van der Waals surface area contributed by atoms with Crippen LogP contribution in [-0.2, 0) is 5.88 Å². The van der Waals surface area contributed by atoms with Crippen LogP contribution < -0.4 is 0 Å². The van der Waals surface area contributed by atoms with Crippen molar-refractivity contribution in [3.8, 4) is 22.5 Å². The molecule has 0 unspecified atom stereocenters. The number of benzene rings is 2. The van der Waals surface area contributed by atoms with Crippen molar-refractivity contribution in [1.82, 2.24) is 20.6 Å². The van der Waals surface area contributed by atoms with Crippen molar-refractivity contribution in [2.75, 3.05) is 0 Å². The van der Waals surface area contributed by atoms with Gasteiger partial charge in [-0.1, -0.05) is 48.5 Å². The molecule has 0 bridgehead atoms. The summed E-state index contributed by atoms with van der Waals surface area (Å²) in [6, 6.07) is 16.2. The van der Waals surface area contributed by atoms with E-state index in [1.54, 1.807) is 0 Å². The second-order valence-electron chi connectivity index (χ2n) is 4.13. The first-order chi connectivity index (χ1) is 9.38. The number of aromatic nitrogens is 4. The predicted molar refractivity (Wildman–Crippen MR) is 74.6 cm³/mol. The standard InChI is InChI=1S/C14H11ClN4/c15-9-10-5-7-11(8-6-10)12-3-1-2-4-13(12)14-16-18-19-17-14/h1-8H,9H2,(H,16,17,18,19). The molecular weight excluding hydrogens is 260 g/mol. The Morgan fingerprint density at radius 2 is 1.68 bits per heavy atom. The minimum absolute atomic E-state index is 0.522. The van der Waals surface area contributed by atoms with Crippen LogP contribution in [0.3, 0.4) is 0 Å². The summed E-state index contributed by atoms with van der Waals surface area (Å²) >= 11 is 5.81. The van der Waals surface area contributed by atoms with Crippen LogP contribution >= 0.6 is 11.6 Å². The van der Waals surface area contributed by atoms with Crippen molar-refractivity contribution in [1.29, 1.82) is 0 Å². The van der Waals surface area contributed by atoms with Gasteiger partial charge in [0.15, 0.2) is 5.82 Å². The number of tetrazole rings is 1. The Hall–Kier alpha value is -2.20. The van der Waals surface area contributed by atoms with Gasteiger partial charge in [0.25, 0.3) is 0 Å². The fourth-order valence-corrected chi connectivity index (χ4v) is 2.17. The Morgan fingerprint density at radius 3 is 2.32 bits per heavy atom. The van der Waals surface area contributed by atoms with Crippen molar-refractivity contribution in [3.05, 3.63) is 54.1 Å². The van der Waals surface area contributed by atoms with E-state index in [1.165, 1.54) is 0 Å². The van der Waals surface area contributed by atoms with Gasteiger partial charge in [0.2, 0.25) is 0 Å². The molecule has 0 aliphatic rings. The highest BCUT2D eigenvalue weighted by Crippen LogP contribution is 2.29. The summed E-state index contributed by atoms with van der Waals surface area (Å²) < 4.78 is 0. The molecular formula is C14H11ClN4. The molecule has 0 radical (unpaired) electrons. The van der Waals surface area contributed by atoms with Gasteiger partial charge in [-0.2, -0.15) is 0 Å². The maximum Gasteiger partial charge on any atom is 0.180 e. The highest BCUT2D eigenvalue weighted by atomic mass is 35.5. The zero-order valence-electron chi connectivity index (χ0n) is 10.0. The largest absolute Gasteiger partial charge is 0.239 e. The van der Waals surface area contributed by atoms with E-state index < -0.39 is 0 Å². The highest BCUT2D eigenvalue weighted by Gasteiger charge is 2.09. The number of aromatic amines is 1. The smallest absolute Gasteiger partial charge is 0.180 e. The van der Waals surface area contributed by atoms with E-state index in [0.717, 1.165) is 22.3 Å². The third-order valence-corrected chi connectivity index (χ3v) is 3.26. The first-order valence-electron chi connectivity index (χ1n) is 5.87. The van der Waals surface area contributed by atoms with E-state index in [-0.39, 0.29) is 0 Å². The highest BCUT2D eigenvalue weighted by molar-refractivity contribution is 6.17. The molecule has 1 N–H and O–H groups in total. The Labute approximate surface area is 115 Å². The van der Waals surface area contributed by atoms with Crippen molar-refractivity contribution < 1.29 is 0 Å². The second kappa shape index (κ2) is 5.20. The summed E-state index contributed by atoms with van der Waals surface area (Å²) in [5, 5.41) is 14.0. The van der Waals surface area contributed by atoms with Gasteiger partial charge in [-0.3, -0.25) is 0 Å². The molecule has 0 atom stereocenters. The summed E-state index contributed by atoms with van der Waals surface area (Å²) in [6.45, 7) is 0. The quantitative estimate of drug-likeness (QED) is 0.743. The number of hydrogen-bond donors (Lipinski definition) is 1. The number of H-pyrrole nitrogens is 1. The van der Waals surface area contributed by atoms with Crippen LogP contribution in [-0.4, -0.2) is 20.6 Å². The Balaban J connectivity index is 2.09. The van der Waals surface area contributed by atoms with Gasteiger partial charge < -0.3 is 0 Å². The van der Waals surface area contributed by atoms with E-state index in [2.05, 4.69) is 32.8 Å². The van der Waals surface area contributed by atoms with Crippen LogP contribution in [0.25, 0.3) is 22.5 Å². The number of halogens is 1. The second-order valence-corrected chi connectivity index (χ2v) is 4.39. The van der Waals surface area contributed by atoms with Crippen molar-refractivity contribution >= 4 is 11.6 Å². The third kappa shape index (κ3) is 2.35. The number of nitrogens with one attached hydrogen (secondary N) is 1. The number of rotatable bonds is 3. The molecule has 0 fully saturated rings. The molecule has 0 saturated carbocycles. The van der Waals surface area contributed by atoms with Crippen LogP contribution in [0, 0.1) is 0 Å². The lowest BCUT2D eigenvalue weighted by Gasteiger charge is -2.07. The predicted octanol–water partition coefficient (Wildman–Crippen LogP) is 3.27. The van der Waals surface area contributed by atoms with Crippen molar-refractivity contribution in [2.45, 2.75) is 5.88 Å². The van der Waals surface area contributed by atoms with Crippen LogP contribution in [0.2, 0.25) is 0 Å². The summed E-state index contributed by atoms with van der Waals surface area (Å²) in [4.78, 5) is 0. The lowest BCUT2D eigenvalue weighted by atomic mass is 9.98. The fraction of sp³-hybridized carbons (Fsp3) is 0.0714. The van der Waals surface area contributed by atoms with Crippen molar-refractivity contribution in [2.24, 2.45) is 0 Å². The van der Waals surface area contributed by atoms with Crippen LogP contribution in [0.4, 0.5) is 0 Å². The van der Waals surface area contributed by atoms with Gasteiger partial charge in [-0.25, -0.2) is 5.10 Å². The normalized spacial score (nSPS) is 10.6. The first-order valence-corrected chi connectivity index (χ1v) is 6.40. The van der Waals surface area contributed by atoms with Crippen LogP contribution in [0.5, 0.6) is 0 Å². The summed E-state index contributed by atoms with van der Waals surface area (Å²) in [7, 11) is 0. The molecule has 3 rings (SSSR count). The minimum Gasteiger partial charge on any atom is -0.239 e. The molecule has 5 heteroatoms. The first kappa shape index (κ1) is 11.9. The topological polar surface area (TPSA) is 54.5 Å². The van der Waals surface area contributed by atoms with Gasteiger partial charge in [0.05, 0.1) is 0 Å². The van der Waals surface area contributed by atoms with E-state index in [9.17, 15) is 0 Å². The average molecular weight is 271 g/mol. The zero-order chi connectivity index (χ0) is 13.1. The van der Waals surface area contributed by atoms with Gasteiger partial charge in [0.1, 0.15) is 0 Å². The maximum absolute atomic E-state index is 5.81. The molecule has 0 spiro atoms. The molecule has 19 heavy (non-hydrogen) atoms. The van der Waals surface area contributed by atoms with Gasteiger partial charge >= 0.3 is 0 Å². The zero-order valence-corrected chi connectivity index (χ0v) is 10.8. The maximum atomic E-state index is 5.81. The Bertz CT molecular complexity index is 662. The molecule has 0 saturated heterocycles. The monoisotopic (exact) mass is 270 g/mol. The summed E-state index contributed by atoms with van der Waals surface area (Å²) in [5.41, 5.74) is 4.28. The Morgan fingerprint density at radius 1 is 0.947 bits per heavy atom. The molecule has 0 amide bonds. The average Bonchev–Trinajstić information content (AvgIpc) is 3.01. The summed E-state index contributed by atoms with van der Waals surface area (Å²) in [6.07, 6.45) is 0. The molecule has 0 aliphatic heterocycles. The number of alkyl halides is 1. The van der Waals surface area contributed by atoms with Gasteiger partial charge in [-0.05, 0) is 27.1 Å². The SMILES string of the molecule is ClCc1ccc(-c2ccccc2-c2nnn[nH]2)cc1. The molecule has 94 valence electrons. The van der Waals surface area contributed by atoms with Crippen LogP contribution in [0.15, 0.2) is 48.5 Å². The molecule has 2 aromatic carbocycles. The van der Waals surface area contributed by atoms with E-state index in [0.29, 0.717) is 11.7 Å². The van der Waals surface area contributed by atoms with Crippen molar-refractivity contribution in [3.63, 3.8) is 0 Å². The lowest BCUT2D eigenvalue weighted by Crippen LogP contribution is -1.87. The number of nitrogens with zero attached hydrogens (tertiary/aromatic N) is 3. The lowest BCUT2D eigenvalue weighted by molar-refractivity contribution is 0.881. The molecule has 1 heterocycles.